The standard InChI is InChI=1S/C15H22FN3O3/c1-19(2)8-4-7-17-13(15(21)22)10-14(20)18-12-6-3-5-11(16)9-12/h3,5-6,9,13,17H,4,7-8,10H2,1-2H3,(H,18,20)(H,21,22)/p+1/t13-/m1/s1. The van der Waals surface area contributed by atoms with Gasteiger partial charge in [0, 0.05) is 12.1 Å². The first-order chi connectivity index (χ1) is 10.4. The van der Waals surface area contributed by atoms with Gasteiger partial charge in [-0.05, 0) is 18.2 Å². The first-order valence-electron chi connectivity index (χ1n) is 7.27. The van der Waals surface area contributed by atoms with Gasteiger partial charge in [0.1, 0.15) is 11.9 Å². The third kappa shape index (κ3) is 7.14. The van der Waals surface area contributed by atoms with Gasteiger partial charge in [0.05, 0.1) is 39.6 Å². The summed E-state index contributed by atoms with van der Waals surface area (Å²) in [5.74, 6) is -2.21. The summed E-state index contributed by atoms with van der Waals surface area (Å²) in [4.78, 5) is 24.2. The number of hydrogen-bond donors (Lipinski definition) is 3. The van der Waals surface area contributed by atoms with Crippen LogP contribution in [-0.2, 0) is 9.59 Å². The van der Waals surface area contributed by atoms with Crippen LogP contribution in [0.4, 0.5) is 10.1 Å². The zero-order valence-electron chi connectivity index (χ0n) is 12.9. The predicted octanol–water partition coefficient (Wildman–Crippen LogP) is -2.63. The molecule has 0 saturated heterocycles. The number of benzene rings is 1. The van der Waals surface area contributed by atoms with Gasteiger partial charge in [0.2, 0.25) is 5.91 Å². The van der Waals surface area contributed by atoms with Crippen LogP contribution in [0.15, 0.2) is 24.3 Å². The molecule has 4 N–H and O–H groups in total. The zero-order chi connectivity index (χ0) is 16.5. The van der Waals surface area contributed by atoms with E-state index in [1.807, 2.05) is 14.1 Å². The highest BCUT2D eigenvalue weighted by Gasteiger charge is 2.18. The van der Waals surface area contributed by atoms with E-state index in [0.29, 0.717) is 12.2 Å². The van der Waals surface area contributed by atoms with Crippen LogP contribution in [0.5, 0.6) is 0 Å². The van der Waals surface area contributed by atoms with E-state index in [1.165, 1.54) is 23.1 Å². The van der Waals surface area contributed by atoms with Crippen LogP contribution in [0.1, 0.15) is 12.8 Å². The van der Waals surface area contributed by atoms with Gasteiger partial charge in [-0.15, -0.1) is 0 Å². The van der Waals surface area contributed by atoms with Crippen molar-refractivity contribution in [2.45, 2.75) is 18.9 Å². The lowest BCUT2D eigenvalue weighted by molar-refractivity contribution is -0.860. The van der Waals surface area contributed by atoms with Crippen LogP contribution >= 0.6 is 0 Å². The van der Waals surface area contributed by atoms with E-state index in [9.17, 15) is 19.1 Å². The second kappa shape index (κ2) is 9.11. The lowest BCUT2D eigenvalue weighted by Crippen LogP contribution is -3.06. The summed E-state index contributed by atoms with van der Waals surface area (Å²) in [5.41, 5.74) is 0.304. The van der Waals surface area contributed by atoms with E-state index < -0.39 is 23.7 Å². The van der Waals surface area contributed by atoms with E-state index in [0.717, 1.165) is 13.0 Å². The zero-order valence-corrected chi connectivity index (χ0v) is 12.9. The molecule has 0 aliphatic rings. The number of carbonyl (C=O) groups is 2. The number of aliphatic carboxylic acids is 1. The minimum absolute atomic E-state index is 0.215. The number of anilines is 1. The lowest BCUT2D eigenvalue weighted by Gasteiger charge is -2.16. The second-order valence-electron chi connectivity index (χ2n) is 5.52. The van der Waals surface area contributed by atoms with Gasteiger partial charge in [-0.25, -0.2) is 4.39 Å². The topological polar surface area (TPSA) is 90.3 Å². The van der Waals surface area contributed by atoms with Gasteiger partial charge in [-0.3, -0.25) is 4.79 Å². The molecule has 1 aromatic rings. The number of rotatable bonds is 9. The normalized spacial score (nSPS) is 12.2. The molecule has 0 aliphatic carbocycles. The van der Waals surface area contributed by atoms with Crippen molar-refractivity contribution in [1.82, 2.24) is 0 Å². The van der Waals surface area contributed by atoms with Gasteiger partial charge in [0.15, 0.2) is 0 Å². The maximum absolute atomic E-state index is 13.0. The maximum atomic E-state index is 13.0. The minimum Gasteiger partial charge on any atom is -0.544 e. The van der Waals surface area contributed by atoms with E-state index in [2.05, 4.69) is 5.32 Å². The number of carbonyl (C=O) groups excluding carboxylic acids is 2. The molecule has 0 unspecified atom stereocenters. The van der Waals surface area contributed by atoms with Crippen LogP contribution in [0.2, 0.25) is 0 Å². The van der Waals surface area contributed by atoms with Crippen molar-refractivity contribution in [1.29, 1.82) is 0 Å². The van der Waals surface area contributed by atoms with Gasteiger partial charge in [0.25, 0.3) is 0 Å². The molecule has 6 nitrogen and oxygen atoms in total. The number of amides is 1. The lowest BCUT2D eigenvalue weighted by atomic mass is 10.2. The third-order valence-electron chi connectivity index (χ3n) is 3.15. The van der Waals surface area contributed by atoms with Crippen molar-refractivity contribution in [2.24, 2.45) is 0 Å². The molecule has 0 aliphatic heterocycles. The Kier molecular flexibility index (Phi) is 7.48. The van der Waals surface area contributed by atoms with Gasteiger partial charge in [-0.1, -0.05) is 6.07 Å². The number of hydrogen-bond acceptors (Lipinski definition) is 3. The molecule has 1 atom stereocenters. The molecule has 0 bridgehead atoms. The molecular weight excluding hydrogens is 289 g/mol. The summed E-state index contributed by atoms with van der Waals surface area (Å²) in [7, 11) is 4.03. The summed E-state index contributed by atoms with van der Waals surface area (Å²) >= 11 is 0. The second-order valence-corrected chi connectivity index (χ2v) is 5.52. The maximum Gasteiger partial charge on any atom is 0.230 e. The molecule has 1 aromatic carbocycles. The molecule has 122 valence electrons. The van der Waals surface area contributed by atoms with Crippen molar-refractivity contribution >= 4 is 17.6 Å². The first kappa shape index (κ1) is 18.1. The fourth-order valence-corrected chi connectivity index (χ4v) is 2.02. The number of carboxylic acid groups (broad SMARTS) is 1. The third-order valence-corrected chi connectivity index (χ3v) is 3.15. The average Bonchev–Trinajstić information content (AvgIpc) is 2.41. The highest BCUT2D eigenvalue weighted by atomic mass is 19.1. The van der Waals surface area contributed by atoms with Crippen LogP contribution in [-0.4, -0.2) is 45.1 Å². The monoisotopic (exact) mass is 312 g/mol. The summed E-state index contributed by atoms with van der Waals surface area (Å²) in [6.45, 7) is 1.53. The van der Waals surface area contributed by atoms with E-state index in [-0.39, 0.29) is 6.42 Å². The van der Waals surface area contributed by atoms with Crippen LogP contribution in [0, 0.1) is 5.82 Å². The molecule has 7 heteroatoms. The Balaban J connectivity index is 2.45. The van der Waals surface area contributed by atoms with Gasteiger partial charge >= 0.3 is 0 Å². The summed E-state index contributed by atoms with van der Waals surface area (Å²) in [6, 6.07) is 4.51. The highest BCUT2D eigenvalue weighted by Crippen LogP contribution is 2.09. The largest absolute Gasteiger partial charge is 0.544 e. The van der Waals surface area contributed by atoms with Crippen molar-refractivity contribution in [3.63, 3.8) is 0 Å². The first-order valence-corrected chi connectivity index (χ1v) is 7.27. The van der Waals surface area contributed by atoms with Crippen LogP contribution in [0.3, 0.4) is 0 Å². The highest BCUT2D eigenvalue weighted by molar-refractivity contribution is 5.93. The number of nitrogens with two attached hydrogens (primary N) is 1. The fraction of sp³-hybridized carbons (Fsp3) is 0.467. The molecule has 1 amide bonds. The molecule has 0 fully saturated rings. The Hall–Kier alpha value is -1.99. The Morgan fingerprint density at radius 3 is 2.73 bits per heavy atom. The van der Waals surface area contributed by atoms with Gasteiger partial charge in [-0.2, -0.15) is 0 Å². The summed E-state index contributed by atoms with van der Waals surface area (Å²) in [6.07, 6.45) is 0.630. The van der Waals surface area contributed by atoms with Crippen molar-refractivity contribution in [3.05, 3.63) is 30.1 Å². The minimum atomic E-state index is -1.27. The fourth-order valence-electron chi connectivity index (χ4n) is 2.02. The molecule has 0 spiro atoms. The molecule has 1 rings (SSSR count). The average molecular weight is 312 g/mol. The van der Waals surface area contributed by atoms with Gasteiger partial charge < -0.3 is 25.4 Å². The van der Waals surface area contributed by atoms with Crippen LogP contribution in [0.25, 0.3) is 0 Å². The van der Waals surface area contributed by atoms with Crippen molar-refractivity contribution in [2.75, 3.05) is 32.5 Å². The Morgan fingerprint density at radius 2 is 2.14 bits per heavy atom. The summed E-state index contributed by atoms with van der Waals surface area (Å²) in [5, 5.41) is 15.2. The Bertz CT molecular complexity index is 509. The van der Waals surface area contributed by atoms with Crippen LogP contribution < -0.4 is 20.6 Å². The Morgan fingerprint density at radius 1 is 1.41 bits per heavy atom. The van der Waals surface area contributed by atoms with Crippen molar-refractivity contribution < 1.29 is 29.3 Å². The summed E-state index contributed by atoms with van der Waals surface area (Å²) < 4.78 is 13.0. The van der Waals surface area contributed by atoms with E-state index >= 15 is 0 Å². The molecule has 0 radical (unpaired) electrons. The van der Waals surface area contributed by atoms with Crippen molar-refractivity contribution in [3.8, 4) is 0 Å². The molecule has 0 saturated carbocycles. The molecule has 0 heterocycles. The number of carboxylic acids is 1. The quantitative estimate of drug-likeness (QED) is 0.436. The molecule has 22 heavy (non-hydrogen) atoms. The molecule has 0 aromatic heterocycles. The Labute approximate surface area is 129 Å². The number of nitrogens with one attached hydrogen (secondary N) is 2. The number of halogens is 1. The molecular formula is C15H23FN3O3+. The van der Waals surface area contributed by atoms with E-state index in [4.69, 9.17) is 0 Å². The predicted molar refractivity (Wildman–Crippen MR) is 77.5 cm³/mol. The number of quaternary nitrogens is 2. The smallest absolute Gasteiger partial charge is 0.230 e. The van der Waals surface area contributed by atoms with E-state index in [1.54, 1.807) is 11.4 Å². The SMILES string of the molecule is C[NH+](C)CCC[NH2+][C@H](CC(=O)Nc1cccc(F)c1)C(=O)[O-].